The number of nitrogens with one attached hydrogen (secondary N) is 2. The molecule has 0 fully saturated rings. The zero-order valence-electron chi connectivity index (χ0n) is 14.8. The van der Waals surface area contributed by atoms with E-state index in [9.17, 15) is 4.79 Å². The van der Waals surface area contributed by atoms with Crippen LogP contribution in [-0.2, 0) is 4.79 Å². The molecule has 0 saturated carbocycles. The van der Waals surface area contributed by atoms with Crippen molar-refractivity contribution in [2.24, 2.45) is 0 Å². The third-order valence-corrected chi connectivity index (χ3v) is 4.55. The number of halogens is 1. The van der Waals surface area contributed by atoms with E-state index in [1.165, 1.54) is 0 Å². The molecule has 0 unspecified atom stereocenters. The summed E-state index contributed by atoms with van der Waals surface area (Å²) in [6, 6.07) is 12.8. The summed E-state index contributed by atoms with van der Waals surface area (Å²) in [7, 11) is 3.21. The minimum atomic E-state index is -0.374. The normalized spacial score (nSPS) is 13.0. The molecule has 25 heavy (non-hydrogen) atoms. The molecule has 0 radical (unpaired) electrons. The summed E-state index contributed by atoms with van der Waals surface area (Å²) in [4.78, 5) is 12.5. The molecule has 2 aromatic carbocycles. The number of anilines is 1. The molecule has 6 heteroatoms. The second kappa shape index (κ2) is 8.87. The van der Waals surface area contributed by atoms with Crippen LogP contribution in [0.1, 0.15) is 25.5 Å². The van der Waals surface area contributed by atoms with Crippen LogP contribution in [0.2, 0.25) is 0 Å². The Labute approximate surface area is 156 Å². The molecule has 2 rings (SSSR count). The predicted octanol–water partition coefficient (Wildman–Crippen LogP) is 4.14. The van der Waals surface area contributed by atoms with Gasteiger partial charge in [0.1, 0.15) is 11.5 Å². The van der Waals surface area contributed by atoms with Crippen LogP contribution in [0, 0.1) is 0 Å². The van der Waals surface area contributed by atoms with E-state index in [0.29, 0.717) is 11.4 Å². The number of methoxy groups -OCH3 is 2. The summed E-state index contributed by atoms with van der Waals surface area (Å²) < 4.78 is 11.4. The Morgan fingerprint density at radius 3 is 2.36 bits per heavy atom. The maximum absolute atomic E-state index is 12.5. The summed E-state index contributed by atoms with van der Waals surface area (Å²) in [5, 5.41) is 6.20. The van der Waals surface area contributed by atoms with Crippen LogP contribution in [-0.4, -0.2) is 26.2 Å². The lowest BCUT2D eigenvalue weighted by Crippen LogP contribution is -2.39. The van der Waals surface area contributed by atoms with Crippen molar-refractivity contribution < 1.29 is 14.3 Å². The van der Waals surface area contributed by atoms with Crippen LogP contribution in [0.25, 0.3) is 0 Å². The molecule has 0 aliphatic carbocycles. The summed E-state index contributed by atoms with van der Waals surface area (Å²) in [5.41, 5.74) is 1.72. The molecule has 2 aromatic rings. The third kappa shape index (κ3) is 4.96. The molecule has 0 heterocycles. The van der Waals surface area contributed by atoms with Crippen molar-refractivity contribution in [3.8, 4) is 11.5 Å². The fourth-order valence-electron chi connectivity index (χ4n) is 2.49. The van der Waals surface area contributed by atoms with Gasteiger partial charge in [-0.15, -0.1) is 0 Å². The number of benzene rings is 2. The molecule has 0 spiro atoms. The molecule has 134 valence electrons. The van der Waals surface area contributed by atoms with Crippen molar-refractivity contribution in [2.75, 3.05) is 19.5 Å². The van der Waals surface area contributed by atoms with Crippen LogP contribution < -0.4 is 20.1 Å². The van der Waals surface area contributed by atoms with E-state index >= 15 is 0 Å². The fourth-order valence-corrected chi connectivity index (χ4v) is 3.05. The molecular weight excluding hydrogens is 384 g/mol. The Hall–Kier alpha value is -2.05. The lowest BCUT2D eigenvalue weighted by molar-refractivity contribution is -0.117. The van der Waals surface area contributed by atoms with Gasteiger partial charge in [-0.25, -0.2) is 0 Å². The third-order valence-electron chi connectivity index (χ3n) is 3.93. The Kier molecular flexibility index (Phi) is 6.84. The molecule has 0 aromatic heterocycles. The highest BCUT2D eigenvalue weighted by molar-refractivity contribution is 9.10. The first-order chi connectivity index (χ1) is 12.0. The van der Waals surface area contributed by atoms with Crippen molar-refractivity contribution in [3.63, 3.8) is 0 Å². The van der Waals surface area contributed by atoms with Gasteiger partial charge in [-0.1, -0.05) is 18.2 Å². The van der Waals surface area contributed by atoms with E-state index in [1.54, 1.807) is 14.2 Å². The van der Waals surface area contributed by atoms with Gasteiger partial charge in [0.15, 0.2) is 0 Å². The zero-order chi connectivity index (χ0) is 18.4. The lowest BCUT2D eigenvalue weighted by atomic mass is 10.1. The highest BCUT2D eigenvalue weighted by Crippen LogP contribution is 2.28. The SMILES string of the molecule is COc1ccc([C@@H](C)N[C@H](C)C(=O)Nc2ccccc2OC)cc1Br. The lowest BCUT2D eigenvalue weighted by Gasteiger charge is -2.21. The summed E-state index contributed by atoms with van der Waals surface area (Å²) in [5.74, 6) is 1.29. The zero-order valence-corrected chi connectivity index (χ0v) is 16.4. The highest BCUT2D eigenvalue weighted by Gasteiger charge is 2.18. The van der Waals surface area contributed by atoms with Crippen LogP contribution in [0.5, 0.6) is 11.5 Å². The first-order valence-electron chi connectivity index (χ1n) is 7.99. The summed E-state index contributed by atoms with van der Waals surface area (Å²) in [6.45, 7) is 3.85. The van der Waals surface area contributed by atoms with Gasteiger partial charge in [-0.2, -0.15) is 0 Å². The number of amides is 1. The van der Waals surface area contributed by atoms with Crippen LogP contribution >= 0.6 is 15.9 Å². The second-order valence-electron chi connectivity index (χ2n) is 5.69. The van der Waals surface area contributed by atoms with Crippen LogP contribution in [0.4, 0.5) is 5.69 Å². The van der Waals surface area contributed by atoms with E-state index < -0.39 is 0 Å². The van der Waals surface area contributed by atoms with Crippen molar-refractivity contribution in [1.82, 2.24) is 5.32 Å². The van der Waals surface area contributed by atoms with Gasteiger partial charge in [0.25, 0.3) is 0 Å². The molecule has 5 nitrogen and oxygen atoms in total. The number of para-hydroxylation sites is 2. The Bertz CT molecular complexity index is 736. The molecule has 1 amide bonds. The number of ether oxygens (including phenoxy) is 2. The van der Waals surface area contributed by atoms with Crippen molar-refractivity contribution in [3.05, 3.63) is 52.5 Å². The van der Waals surface area contributed by atoms with Crippen molar-refractivity contribution in [1.29, 1.82) is 0 Å². The average molecular weight is 407 g/mol. The minimum Gasteiger partial charge on any atom is -0.496 e. The molecular formula is C19H23BrN2O3. The topological polar surface area (TPSA) is 59.6 Å². The van der Waals surface area contributed by atoms with Crippen molar-refractivity contribution in [2.45, 2.75) is 25.9 Å². The fraction of sp³-hybridized carbons (Fsp3) is 0.316. The second-order valence-corrected chi connectivity index (χ2v) is 6.55. The van der Waals surface area contributed by atoms with Gasteiger partial charge in [-0.05, 0) is 59.6 Å². The Balaban J connectivity index is 2.01. The molecule has 2 atom stereocenters. The van der Waals surface area contributed by atoms with Gasteiger partial charge < -0.3 is 14.8 Å². The smallest absolute Gasteiger partial charge is 0.241 e. The maximum atomic E-state index is 12.5. The molecule has 0 bridgehead atoms. The van der Waals surface area contributed by atoms with Crippen LogP contribution in [0.3, 0.4) is 0 Å². The van der Waals surface area contributed by atoms with Gasteiger partial charge in [-0.3, -0.25) is 10.1 Å². The first kappa shape index (κ1) is 19.3. The van der Waals surface area contributed by atoms with E-state index in [-0.39, 0.29) is 18.0 Å². The number of carbonyl (C=O) groups is 1. The van der Waals surface area contributed by atoms with Crippen molar-refractivity contribution >= 4 is 27.5 Å². The van der Waals surface area contributed by atoms with Gasteiger partial charge >= 0.3 is 0 Å². The molecule has 2 N–H and O–H groups in total. The summed E-state index contributed by atoms with van der Waals surface area (Å²) in [6.07, 6.45) is 0. The Morgan fingerprint density at radius 1 is 1.04 bits per heavy atom. The monoisotopic (exact) mass is 406 g/mol. The molecule has 0 saturated heterocycles. The number of rotatable bonds is 7. The highest BCUT2D eigenvalue weighted by atomic mass is 79.9. The molecule has 0 aliphatic heterocycles. The van der Waals surface area contributed by atoms with Crippen LogP contribution in [0.15, 0.2) is 46.9 Å². The largest absolute Gasteiger partial charge is 0.496 e. The van der Waals surface area contributed by atoms with Gasteiger partial charge in [0, 0.05) is 6.04 Å². The average Bonchev–Trinajstić information content (AvgIpc) is 2.61. The van der Waals surface area contributed by atoms with E-state index in [1.807, 2.05) is 56.3 Å². The first-order valence-corrected chi connectivity index (χ1v) is 8.79. The van der Waals surface area contributed by atoms with E-state index in [4.69, 9.17) is 9.47 Å². The standard InChI is InChI=1S/C19H23BrN2O3/c1-12(14-9-10-17(24-3)15(20)11-14)21-13(2)19(23)22-16-7-5-6-8-18(16)25-4/h5-13,21H,1-4H3,(H,22,23)/t12-,13-/m1/s1. The number of hydrogen-bond acceptors (Lipinski definition) is 4. The van der Waals surface area contributed by atoms with Gasteiger partial charge in [0.2, 0.25) is 5.91 Å². The summed E-state index contributed by atoms with van der Waals surface area (Å²) >= 11 is 3.48. The number of hydrogen-bond donors (Lipinski definition) is 2. The quantitative estimate of drug-likeness (QED) is 0.724. The maximum Gasteiger partial charge on any atom is 0.241 e. The predicted molar refractivity (Wildman–Crippen MR) is 103 cm³/mol. The van der Waals surface area contributed by atoms with E-state index in [0.717, 1.165) is 15.8 Å². The van der Waals surface area contributed by atoms with Gasteiger partial charge in [0.05, 0.1) is 30.4 Å². The minimum absolute atomic E-state index is 0.000579. The van der Waals surface area contributed by atoms with E-state index in [2.05, 4.69) is 26.6 Å². The Morgan fingerprint density at radius 2 is 1.72 bits per heavy atom. The molecule has 0 aliphatic rings. The number of carbonyl (C=O) groups excluding carboxylic acids is 1.